The standard InChI is InChI=1S/C21H23NO5/c23-18(22-13-11-21(26,12-14-22)20(24)25)15-27-19(16-7-3-1-4-8-16)17-9-5-2-6-10-17/h1-10,19,26H,11-15H2,(H,24,25). The third-order valence-electron chi connectivity index (χ3n) is 4.92. The van der Waals surface area contributed by atoms with Gasteiger partial charge in [0.25, 0.3) is 0 Å². The molecule has 2 aromatic rings. The maximum Gasteiger partial charge on any atom is 0.335 e. The molecule has 1 fully saturated rings. The third kappa shape index (κ3) is 4.53. The Morgan fingerprint density at radius 1 is 0.963 bits per heavy atom. The van der Waals surface area contributed by atoms with Crippen molar-refractivity contribution in [2.45, 2.75) is 24.5 Å². The molecule has 0 saturated carbocycles. The molecule has 2 aromatic carbocycles. The number of amides is 1. The summed E-state index contributed by atoms with van der Waals surface area (Å²) in [4.78, 5) is 25.2. The first-order valence-corrected chi connectivity index (χ1v) is 8.95. The fourth-order valence-corrected chi connectivity index (χ4v) is 3.23. The van der Waals surface area contributed by atoms with Gasteiger partial charge >= 0.3 is 5.97 Å². The quantitative estimate of drug-likeness (QED) is 0.815. The molecule has 0 atom stereocenters. The van der Waals surface area contributed by atoms with Crippen LogP contribution in [0.2, 0.25) is 0 Å². The van der Waals surface area contributed by atoms with Gasteiger partial charge in [-0.2, -0.15) is 0 Å². The lowest BCUT2D eigenvalue weighted by Crippen LogP contribution is -2.51. The molecule has 1 aliphatic heterocycles. The van der Waals surface area contributed by atoms with Gasteiger partial charge in [0, 0.05) is 25.9 Å². The zero-order valence-corrected chi connectivity index (χ0v) is 15.0. The van der Waals surface area contributed by atoms with Crippen LogP contribution in [0.3, 0.4) is 0 Å². The molecule has 1 heterocycles. The molecule has 1 saturated heterocycles. The van der Waals surface area contributed by atoms with Crippen molar-refractivity contribution in [3.05, 3.63) is 71.8 Å². The van der Waals surface area contributed by atoms with Crippen LogP contribution in [0.25, 0.3) is 0 Å². The number of carboxylic acids is 1. The second kappa shape index (κ2) is 8.33. The van der Waals surface area contributed by atoms with Crippen LogP contribution in [-0.2, 0) is 14.3 Å². The third-order valence-corrected chi connectivity index (χ3v) is 4.92. The Hall–Kier alpha value is -2.70. The van der Waals surface area contributed by atoms with E-state index in [1.54, 1.807) is 4.90 Å². The largest absolute Gasteiger partial charge is 0.479 e. The molecular weight excluding hydrogens is 346 g/mol. The van der Waals surface area contributed by atoms with Gasteiger partial charge in [0.1, 0.15) is 12.7 Å². The average molecular weight is 369 g/mol. The van der Waals surface area contributed by atoms with Crippen molar-refractivity contribution in [2.75, 3.05) is 19.7 Å². The molecule has 0 aromatic heterocycles. The molecule has 0 unspecified atom stereocenters. The van der Waals surface area contributed by atoms with Crippen molar-refractivity contribution in [2.24, 2.45) is 0 Å². The van der Waals surface area contributed by atoms with Crippen molar-refractivity contribution >= 4 is 11.9 Å². The molecule has 3 rings (SSSR count). The molecule has 6 heteroatoms. The Kier molecular flexibility index (Phi) is 5.88. The van der Waals surface area contributed by atoms with Gasteiger partial charge in [-0.1, -0.05) is 60.7 Å². The lowest BCUT2D eigenvalue weighted by molar-refractivity contribution is -0.166. The van der Waals surface area contributed by atoms with E-state index in [4.69, 9.17) is 9.84 Å². The van der Waals surface area contributed by atoms with Gasteiger partial charge in [-0.15, -0.1) is 0 Å². The fourth-order valence-electron chi connectivity index (χ4n) is 3.23. The van der Waals surface area contributed by atoms with Gasteiger partial charge in [-0.25, -0.2) is 4.79 Å². The Balaban J connectivity index is 1.64. The van der Waals surface area contributed by atoms with Gasteiger partial charge in [-0.3, -0.25) is 4.79 Å². The second-order valence-corrected chi connectivity index (χ2v) is 6.73. The van der Waals surface area contributed by atoms with Crippen molar-refractivity contribution in [3.8, 4) is 0 Å². The number of carbonyl (C=O) groups excluding carboxylic acids is 1. The molecule has 0 bridgehead atoms. The Bertz CT molecular complexity index is 730. The molecule has 27 heavy (non-hydrogen) atoms. The van der Waals surface area contributed by atoms with E-state index in [-0.39, 0.29) is 44.5 Å². The van der Waals surface area contributed by atoms with E-state index in [2.05, 4.69) is 0 Å². The summed E-state index contributed by atoms with van der Waals surface area (Å²) in [5.41, 5.74) is 0.166. The SMILES string of the molecule is O=C(COC(c1ccccc1)c1ccccc1)N1CCC(O)(C(=O)O)CC1. The van der Waals surface area contributed by atoms with E-state index in [0.717, 1.165) is 11.1 Å². The van der Waals surface area contributed by atoms with Crippen LogP contribution in [0.4, 0.5) is 0 Å². The topological polar surface area (TPSA) is 87.1 Å². The van der Waals surface area contributed by atoms with Gasteiger partial charge < -0.3 is 19.8 Å². The highest BCUT2D eigenvalue weighted by Crippen LogP contribution is 2.27. The number of hydrogen-bond acceptors (Lipinski definition) is 4. The number of aliphatic carboxylic acids is 1. The first kappa shape index (κ1) is 19.1. The van der Waals surface area contributed by atoms with Crippen molar-refractivity contribution in [1.29, 1.82) is 0 Å². The first-order valence-electron chi connectivity index (χ1n) is 8.95. The highest BCUT2D eigenvalue weighted by molar-refractivity contribution is 5.80. The van der Waals surface area contributed by atoms with Crippen LogP contribution in [0, 0.1) is 0 Å². The van der Waals surface area contributed by atoms with E-state index in [9.17, 15) is 14.7 Å². The smallest absolute Gasteiger partial charge is 0.335 e. The number of ether oxygens (including phenoxy) is 1. The Morgan fingerprint density at radius 3 is 1.89 bits per heavy atom. The number of hydrogen-bond donors (Lipinski definition) is 2. The summed E-state index contributed by atoms with van der Waals surface area (Å²) >= 11 is 0. The predicted molar refractivity (Wildman–Crippen MR) is 99.1 cm³/mol. The molecular formula is C21H23NO5. The maximum atomic E-state index is 12.5. The lowest BCUT2D eigenvalue weighted by atomic mass is 9.91. The molecule has 142 valence electrons. The van der Waals surface area contributed by atoms with E-state index in [1.807, 2.05) is 60.7 Å². The summed E-state index contributed by atoms with van der Waals surface area (Å²) in [7, 11) is 0. The highest BCUT2D eigenvalue weighted by atomic mass is 16.5. The Morgan fingerprint density at radius 2 is 1.44 bits per heavy atom. The van der Waals surface area contributed by atoms with Crippen molar-refractivity contribution < 1.29 is 24.5 Å². The lowest BCUT2D eigenvalue weighted by Gasteiger charge is -2.35. The van der Waals surface area contributed by atoms with Crippen LogP contribution < -0.4 is 0 Å². The summed E-state index contributed by atoms with van der Waals surface area (Å²) in [6, 6.07) is 19.4. The minimum absolute atomic E-state index is 0.0227. The Labute approximate surface area is 158 Å². The number of carbonyl (C=O) groups is 2. The number of carboxylic acid groups (broad SMARTS) is 1. The molecule has 0 radical (unpaired) electrons. The van der Waals surface area contributed by atoms with Crippen LogP contribution in [0.1, 0.15) is 30.1 Å². The zero-order valence-electron chi connectivity index (χ0n) is 15.0. The predicted octanol–water partition coefficient (Wildman–Crippen LogP) is 2.23. The highest BCUT2D eigenvalue weighted by Gasteiger charge is 2.40. The second-order valence-electron chi connectivity index (χ2n) is 6.73. The van der Waals surface area contributed by atoms with E-state index < -0.39 is 11.6 Å². The van der Waals surface area contributed by atoms with E-state index in [0.29, 0.717) is 0 Å². The van der Waals surface area contributed by atoms with Gasteiger partial charge in [0.2, 0.25) is 5.91 Å². The molecule has 0 aliphatic carbocycles. The number of nitrogens with zero attached hydrogens (tertiary/aromatic N) is 1. The molecule has 2 N–H and O–H groups in total. The summed E-state index contributed by atoms with van der Waals surface area (Å²) < 4.78 is 5.96. The monoisotopic (exact) mass is 369 g/mol. The van der Waals surface area contributed by atoms with E-state index >= 15 is 0 Å². The number of aliphatic hydroxyl groups is 1. The number of rotatable bonds is 6. The molecule has 1 amide bonds. The summed E-state index contributed by atoms with van der Waals surface area (Å²) in [5, 5.41) is 19.1. The minimum Gasteiger partial charge on any atom is -0.479 e. The average Bonchev–Trinajstić information content (AvgIpc) is 2.70. The van der Waals surface area contributed by atoms with Crippen LogP contribution in [-0.4, -0.2) is 52.3 Å². The van der Waals surface area contributed by atoms with Crippen LogP contribution in [0.5, 0.6) is 0 Å². The summed E-state index contributed by atoms with van der Waals surface area (Å²) in [6.45, 7) is 0.290. The number of likely N-dealkylation sites (tertiary alicyclic amines) is 1. The van der Waals surface area contributed by atoms with Crippen LogP contribution >= 0.6 is 0 Å². The minimum atomic E-state index is -1.74. The van der Waals surface area contributed by atoms with E-state index in [1.165, 1.54) is 0 Å². The van der Waals surface area contributed by atoms with Gasteiger partial charge in [-0.05, 0) is 11.1 Å². The number of piperidine rings is 1. The van der Waals surface area contributed by atoms with Gasteiger partial charge in [0.15, 0.2) is 5.60 Å². The van der Waals surface area contributed by atoms with Crippen molar-refractivity contribution in [1.82, 2.24) is 4.90 Å². The first-order chi connectivity index (χ1) is 13.0. The summed E-state index contributed by atoms with van der Waals surface area (Å²) in [6.07, 6.45) is -0.318. The normalized spacial score (nSPS) is 16.3. The van der Waals surface area contributed by atoms with Crippen LogP contribution in [0.15, 0.2) is 60.7 Å². The number of benzene rings is 2. The fraction of sp³-hybridized carbons (Fsp3) is 0.333. The molecule has 6 nitrogen and oxygen atoms in total. The summed E-state index contributed by atoms with van der Waals surface area (Å²) in [5.74, 6) is -1.45. The zero-order chi connectivity index (χ0) is 19.3. The molecule has 0 spiro atoms. The maximum absolute atomic E-state index is 12.5. The van der Waals surface area contributed by atoms with Gasteiger partial charge in [0.05, 0.1) is 0 Å². The molecule has 1 aliphatic rings. The van der Waals surface area contributed by atoms with Crippen molar-refractivity contribution in [3.63, 3.8) is 0 Å².